The number of rotatable bonds is 5. The van der Waals surface area contributed by atoms with Crippen LogP contribution in [0.3, 0.4) is 0 Å². The highest BCUT2D eigenvalue weighted by Gasteiger charge is 1.94. The fraction of sp³-hybridized carbons (Fsp3) is 0.429. The van der Waals surface area contributed by atoms with Gasteiger partial charge < -0.3 is 16.4 Å². The van der Waals surface area contributed by atoms with Crippen molar-refractivity contribution in [2.75, 3.05) is 13.1 Å². The molecule has 0 atom stereocenters. The van der Waals surface area contributed by atoms with Crippen LogP contribution in [0.1, 0.15) is 5.01 Å². The Kier molecular flexibility index (Phi) is 4.20. The molecule has 0 aromatic carbocycles. The summed E-state index contributed by atoms with van der Waals surface area (Å²) in [4.78, 5) is 14.4. The molecule has 1 aromatic heterocycles. The van der Waals surface area contributed by atoms with E-state index in [-0.39, 0.29) is 0 Å². The minimum absolute atomic E-state index is 0.490. The number of primary amides is 1. The quantitative estimate of drug-likeness (QED) is 0.581. The first-order valence-corrected chi connectivity index (χ1v) is 4.79. The Morgan fingerprint density at radius 2 is 2.46 bits per heavy atom. The number of carbonyl (C=O) groups excluding carboxylic acids is 1. The molecule has 0 aliphatic carbocycles. The Bertz CT molecular complexity index is 249. The molecule has 72 valence electrons. The van der Waals surface area contributed by atoms with Gasteiger partial charge in [0.15, 0.2) is 0 Å². The number of carbonyl (C=O) groups is 1. The Morgan fingerprint density at radius 1 is 1.62 bits per heavy atom. The van der Waals surface area contributed by atoms with E-state index in [1.165, 1.54) is 0 Å². The summed E-state index contributed by atoms with van der Waals surface area (Å²) >= 11 is 1.60. The summed E-state index contributed by atoms with van der Waals surface area (Å²) < 4.78 is 0. The van der Waals surface area contributed by atoms with Crippen molar-refractivity contribution in [2.24, 2.45) is 5.73 Å². The van der Waals surface area contributed by atoms with Crippen molar-refractivity contribution in [1.29, 1.82) is 0 Å². The number of aromatic nitrogens is 1. The fourth-order valence-electron chi connectivity index (χ4n) is 0.810. The molecule has 0 aliphatic heterocycles. The van der Waals surface area contributed by atoms with E-state index in [0.717, 1.165) is 11.6 Å². The number of hydrogen-bond acceptors (Lipinski definition) is 4. The molecule has 0 saturated heterocycles. The maximum absolute atomic E-state index is 10.3. The van der Waals surface area contributed by atoms with Crippen LogP contribution in [0, 0.1) is 0 Å². The molecule has 0 unspecified atom stereocenters. The van der Waals surface area contributed by atoms with E-state index in [4.69, 9.17) is 5.73 Å². The molecule has 6 heteroatoms. The van der Waals surface area contributed by atoms with E-state index in [1.807, 2.05) is 5.38 Å². The summed E-state index contributed by atoms with van der Waals surface area (Å²) in [7, 11) is 0. The van der Waals surface area contributed by atoms with Crippen molar-refractivity contribution in [3.8, 4) is 0 Å². The average molecular weight is 200 g/mol. The first kappa shape index (κ1) is 9.94. The van der Waals surface area contributed by atoms with Gasteiger partial charge in [0.1, 0.15) is 5.01 Å². The number of hydrogen-bond donors (Lipinski definition) is 3. The van der Waals surface area contributed by atoms with Crippen LogP contribution in [0.15, 0.2) is 11.6 Å². The van der Waals surface area contributed by atoms with Gasteiger partial charge in [-0.1, -0.05) is 0 Å². The van der Waals surface area contributed by atoms with Crippen molar-refractivity contribution in [3.63, 3.8) is 0 Å². The summed E-state index contributed by atoms with van der Waals surface area (Å²) in [5.74, 6) is 0. The maximum Gasteiger partial charge on any atom is 0.312 e. The molecule has 1 aromatic rings. The van der Waals surface area contributed by atoms with Crippen molar-refractivity contribution in [3.05, 3.63) is 16.6 Å². The summed E-state index contributed by atoms with van der Waals surface area (Å²) in [5, 5.41) is 8.58. The highest BCUT2D eigenvalue weighted by Crippen LogP contribution is 2.01. The van der Waals surface area contributed by atoms with E-state index < -0.39 is 6.03 Å². The van der Waals surface area contributed by atoms with Gasteiger partial charge in [0.25, 0.3) is 0 Å². The summed E-state index contributed by atoms with van der Waals surface area (Å²) in [5.41, 5.74) is 4.88. The topological polar surface area (TPSA) is 80.0 Å². The normalized spacial score (nSPS) is 9.85. The molecule has 0 fully saturated rings. The first-order chi connectivity index (χ1) is 6.29. The maximum atomic E-state index is 10.3. The molecule has 1 rings (SSSR count). The largest absolute Gasteiger partial charge is 0.352 e. The number of nitrogens with zero attached hydrogens (tertiary/aromatic N) is 1. The molecule has 1 heterocycles. The van der Waals surface area contributed by atoms with Gasteiger partial charge in [0.05, 0.1) is 0 Å². The lowest BCUT2D eigenvalue weighted by molar-refractivity contribution is 0.249. The number of amides is 2. The highest BCUT2D eigenvalue weighted by atomic mass is 32.1. The van der Waals surface area contributed by atoms with Crippen LogP contribution in [0.2, 0.25) is 0 Å². The first-order valence-electron chi connectivity index (χ1n) is 3.91. The van der Waals surface area contributed by atoms with E-state index in [0.29, 0.717) is 13.1 Å². The van der Waals surface area contributed by atoms with Gasteiger partial charge in [0, 0.05) is 31.2 Å². The third-order valence-corrected chi connectivity index (χ3v) is 2.14. The SMILES string of the molecule is NC(=O)NCCNCc1nccs1. The Balaban J connectivity index is 1.99. The van der Waals surface area contributed by atoms with Gasteiger partial charge in [-0.2, -0.15) is 0 Å². The monoisotopic (exact) mass is 200 g/mol. The molecule has 5 nitrogen and oxygen atoms in total. The summed E-state index contributed by atoms with van der Waals surface area (Å²) in [6.07, 6.45) is 1.77. The molecular weight excluding hydrogens is 188 g/mol. The zero-order valence-electron chi connectivity index (χ0n) is 7.12. The molecule has 0 aliphatic rings. The molecule has 4 N–H and O–H groups in total. The lowest BCUT2D eigenvalue weighted by atomic mass is 10.5. The van der Waals surface area contributed by atoms with Gasteiger partial charge in [-0.25, -0.2) is 9.78 Å². The van der Waals surface area contributed by atoms with Gasteiger partial charge in [-0.05, 0) is 0 Å². The molecule has 2 amide bonds. The van der Waals surface area contributed by atoms with Crippen molar-refractivity contribution in [1.82, 2.24) is 15.6 Å². The molecule has 0 saturated carbocycles. The number of nitrogens with one attached hydrogen (secondary N) is 2. The van der Waals surface area contributed by atoms with Crippen LogP contribution in [0.4, 0.5) is 4.79 Å². The second-order valence-electron chi connectivity index (χ2n) is 2.39. The average Bonchev–Trinajstić information content (AvgIpc) is 2.55. The highest BCUT2D eigenvalue weighted by molar-refractivity contribution is 7.09. The van der Waals surface area contributed by atoms with E-state index >= 15 is 0 Å². The zero-order chi connectivity index (χ0) is 9.52. The van der Waals surface area contributed by atoms with Crippen LogP contribution in [-0.2, 0) is 6.54 Å². The lowest BCUT2D eigenvalue weighted by Crippen LogP contribution is -2.35. The standard InChI is InChI=1S/C7H12N4OS/c8-7(12)11-2-1-9-5-6-10-3-4-13-6/h3-4,9H,1-2,5H2,(H3,8,11,12). The second-order valence-corrected chi connectivity index (χ2v) is 3.37. The molecule has 0 radical (unpaired) electrons. The molecule has 0 bridgehead atoms. The van der Waals surface area contributed by atoms with Crippen LogP contribution >= 0.6 is 11.3 Å². The lowest BCUT2D eigenvalue weighted by Gasteiger charge is -2.02. The number of thiazole rings is 1. The van der Waals surface area contributed by atoms with Crippen molar-refractivity contribution < 1.29 is 4.79 Å². The fourth-order valence-corrected chi connectivity index (χ4v) is 1.40. The van der Waals surface area contributed by atoms with Crippen LogP contribution in [0.5, 0.6) is 0 Å². The van der Waals surface area contributed by atoms with E-state index in [2.05, 4.69) is 15.6 Å². The second kappa shape index (κ2) is 5.50. The van der Waals surface area contributed by atoms with Crippen LogP contribution in [-0.4, -0.2) is 24.1 Å². The predicted molar refractivity (Wildman–Crippen MR) is 51.4 cm³/mol. The van der Waals surface area contributed by atoms with Gasteiger partial charge >= 0.3 is 6.03 Å². The predicted octanol–water partition coefficient (Wildman–Crippen LogP) is -0.0990. The molecule has 13 heavy (non-hydrogen) atoms. The number of urea groups is 1. The number of nitrogens with two attached hydrogens (primary N) is 1. The van der Waals surface area contributed by atoms with Crippen molar-refractivity contribution >= 4 is 17.4 Å². The summed E-state index contributed by atoms with van der Waals surface area (Å²) in [6, 6.07) is -0.490. The zero-order valence-corrected chi connectivity index (χ0v) is 7.93. The Hall–Kier alpha value is -1.14. The smallest absolute Gasteiger partial charge is 0.312 e. The molecule has 0 spiro atoms. The Morgan fingerprint density at radius 3 is 3.08 bits per heavy atom. The van der Waals surface area contributed by atoms with Crippen LogP contribution < -0.4 is 16.4 Å². The minimum Gasteiger partial charge on any atom is -0.352 e. The summed E-state index contributed by atoms with van der Waals surface area (Å²) in [6.45, 7) is 1.97. The van der Waals surface area contributed by atoms with Gasteiger partial charge in [-0.15, -0.1) is 11.3 Å². The van der Waals surface area contributed by atoms with Gasteiger partial charge in [-0.3, -0.25) is 0 Å². The third kappa shape index (κ3) is 4.44. The van der Waals surface area contributed by atoms with E-state index in [9.17, 15) is 4.79 Å². The molecular formula is C7H12N4OS. The third-order valence-electron chi connectivity index (χ3n) is 1.36. The van der Waals surface area contributed by atoms with Crippen molar-refractivity contribution in [2.45, 2.75) is 6.54 Å². The van der Waals surface area contributed by atoms with Crippen LogP contribution in [0.25, 0.3) is 0 Å². The van der Waals surface area contributed by atoms with Gasteiger partial charge in [0.2, 0.25) is 0 Å². The Labute approximate surface area is 80.4 Å². The van der Waals surface area contributed by atoms with E-state index in [1.54, 1.807) is 17.5 Å². The minimum atomic E-state index is -0.490.